The van der Waals surface area contributed by atoms with E-state index in [1.54, 1.807) is 6.20 Å². The van der Waals surface area contributed by atoms with Gasteiger partial charge in [-0.25, -0.2) is 4.98 Å². The average molecular weight is 179 g/mol. The molecule has 0 aliphatic carbocycles. The van der Waals surface area contributed by atoms with E-state index in [2.05, 4.69) is 30.8 Å². The molecule has 0 saturated heterocycles. The second kappa shape index (κ2) is 4.23. The van der Waals surface area contributed by atoms with E-state index in [9.17, 15) is 0 Å². The molecule has 0 saturated carbocycles. The second-order valence-electron chi connectivity index (χ2n) is 3.60. The summed E-state index contributed by atoms with van der Waals surface area (Å²) in [7, 11) is 2.10. The smallest absolute Gasteiger partial charge is 0.123 e. The molecule has 1 rings (SSSR count). The fourth-order valence-electron chi connectivity index (χ4n) is 1.06. The predicted octanol–water partition coefficient (Wildman–Crippen LogP) is 1.50. The van der Waals surface area contributed by atoms with Gasteiger partial charge in [0.2, 0.25) is 0 Å². The molecule has 0 bridgehead atoms. The topological polar surface area (TPSA) is 42.2 Å². The van der Waals surface area contributed by atoms with Crippen molar-refractivity contribution in [1.29, 1.82) is 0 Å². The molecular weight excluding hydrogens is 162 g/mol. The molecule has 0 aromatic carbocycles. The van der Waals surface area contributed by atoms with Crippen LogP contribution in [0.15, 0.2) is 18.3 Å². The number of rotatable bonds is 3. The third-order valence-electron chi connectivity index (χ3n) is 2.16. The Balaban J connectivity index is 2.64. The Morgan fingerprint density at radius 1 is 1.54 bits per heavy atom. The minimum Gasteiger partial charge on any atom is -0.384 e. The highest BCUT2D eigenvalue weighted by atomic mass is 15.1. The molecule has 0 radical (unpaired) electrons. The van der Waals surface area contributed by atoms with Crippen LogP contribution < -0.4 is 5.73 Å². The second-order valence-corrected chi connectivity index (χ2v) is 3.60. The Kier molecular flexibility index (Phi) is 3.25. The van der Waals surface area contributed by atoms with Crippen molar-refractivity contribution in [2.75, 3.05) is 12.8 Å². The Morgan fingerprint density at radius 2 is 2.23 bits per heavy atom. The van der Waals surface area contributed by atoms with E-state index in [4.69, 9.17) is 5.73 Å². The third-order valence-corrected chi connectivity index (χ3v) is 2.16. The van der Waals surface area contributed by atoms with Crippen molar-refractivity contribution >= 4 is 5.82 Å². The van der Waals surface area contributed by atoms with Gasteiger partial charge in [-0.3, -0.25) is 4.90 Å². The number of hydrogen-bond donors (Lipinski definition) is 1. The van der Waals surface area contributed by atoms with Gasteiger partial charge in [-0.15, -0.1) is 0 Å². The zero-order valence-electron chi connectivity index (χ0n) is 8.49. The summed E-state index contributed by atoms with van der Waals surface area (Å²) in [6, 6.07) is 4.46. The molecule has 1 heterocycles. The lowest BCUT2D eigenvalue weighted by atomic mass is 10.2. The van der Waals surface area contributed by atoms with Crippen LogP contribution in [0.4, 0.5) is 5.82 Å². The molecule has 72 valence electrons. The van der Waals surface area contributed by atoms with E-state index in [0.717, 1.165) is 6.54 Å². The van der Waals surface area contributed by atoms with E-state index in [1.807, 2.05) is 12.1 Å². The Labute approximate surface area is 79.6 Å². The van der Waals surface area contributed by atoms with Crippen LogP contribution in [0.2, 0.25) is 0 Å². The van der Waals surface area contributed by atoms with Crippen LogP contribution in [0.5, 0.6) is 0 Å². The van der Waals surface area contributed by atoms with Gasteiger partial charge < -0.3 is 5.73 Å². The summed E-state index contributed by atoms with van der Waals surface area (Å²) in [6.07, 6.45) is 1.75. The maximum atomic E-state index is 5.58. The SMILES string of the molecule is CC(C)N(C)Cc1ccnc(N)c1. The first-order valence-corrected chi connectivity index (χ1v) is 4.50. The molecule has 13 heavy (non-hydrogen) atoms. The van der Waals surface area contributed by atoms with Gasteiger partial charge in [-0.2, -0.15) is 0 Å². The molecule has 0 unspecified atom stereocenters. The highest BCUT2D eigenvalue weighted by molar-refractivity contribution is 5.31. The van der Waals surface area contributed by atoms with E-state index < -0.39 is 0 Å². The van der Waals surface area contributed by atoms with Gasteiger partial charge >= 0.3 is 0 Å². The first-order chi connectivity index (χ1) is 6.09. The van der Waals surface area contributed by atoms with E-state index in [0.29, 0.717) is 11.9 Å². The van der Waals surface area contributed by atoms with E-state index in [1.165, 1.54) is 5.56 Å². The molecule has 1 aromatic rings. The standard InChI is InChI=1S/C10H17N3/c1-8(2)13(3)7-9-4-5-12-10(11)6-9/h4-6,8H,7H2,1-3H3,(H2,11,12). The first kappa shape index (κ1) is 9.99. The molecule has 3 heteroatoms. The lowest BCUT2D eigenvalue weighted by Gasteiger charge is -2.20. The molecule has 0 aliphatic heterocycles. The van der Waals surface area contributed by atoms with Crippen LogP contribution in [0.1, 0.15) is 19.4 Å². The Morgan fingerprint density at radius 3 is 2.77 bits per heavy atom. The predicted molar refractivity (Wildman–Crippen MR) is 55.3 cm³/mol. The summed E-state index contributed by atoms with van der Waals surface area (Å²) in [6.45, 7) is 5.26. The number of aromatic nitrogens is 1. The normalized spacial score (nSPS) is 11.2. The molecule has 2 N–H and O–H groups in total. The van der Waals surface area contributed by atoms with Crippen molar-refractivity contribution in [1.82, 2.24) is 9.88 Å². The summed E-state index contributed by atoms with van der Waals surface area (Å²) in [5.74, 6) is 0.592. The molecule has 3 nitrogen and oxygen atoms in total. The number of hydrogen-bond acceptors (Lipinski definition) is 3. The van der Waals surface area contributed by atoms with Gasteiger partial charge in [-0.1, -0.05) is 0 Å². The van der Waals surface area contributed by atoms with Crippen LogP contribution in [0, 0.1) is 0 Å². The van der Waals surface area contributed by atoms with Crippen molar-refractivity contribution in [3.63, 3.8) is 0 Å². The van der Waals surface area contributed by atoms with Gasteiger partial charge in [0.1, 0.15) is 5.82 Å². The van der Waals surface area contributed by atoms with Crippen LogP contribution in [0.25, 0.3) is 0 Å². The fraction of sp³-hybridized carbons (Fsp3) is 0.500. The van der Waals surface area contributed by atoms with Crippen LogP contribution in [0.3, 0.4) is 0 Å². The monoisotopic (exact) mass is 179 g/mol. The number of nitrogens with two attached hydrogens (primary N) is 1. The maximum Gasteiger partial charge on any atom is 0.123 e. The highest BCUT2D eigenvalue weighted by Crippen LogP contribution is 2.07. The molecular formula is C10H17N3. The number of nitrogens with zero attached hydrogens (tertiary/aromatic N) is 2. The van der Waals surface area contributed by atoms with Crippen LogP contribution in [-0.2, 0) is 6.54 Å². The van der Waals surface area contributed by atoms with Crippen LogP contribution in [-0.4, -0.2) is 23.0 Å². The van der Waals surface area contributed by atoms with Crippen molar-refractivity contribution in [2.24, 2.45) is 0 Å². The van der Waals surface area contributed by atoms with Crippen molar-refractivity contribution < 1.29 is 0 Å². The molecule has 1 aromatic heterocycles. The molecule has 0 atom stereocenters. The fourth-order valence-corrected chi connectivity index (χ4v) is 1.06. The molecule has 0 fully saturated rings. The van der Waals surface area contributed by atoms with E-state index >= 15 is 0 Å². The maximum absolute atomic E-state index is 5.58. The summed E-state index contributed by atoms with van der Waals surface area (Å²) in [5.41, 5.74) is 6.79. The summed E-state index contributed by atoms with van der Waals surface area (Å²) in [4.78, 5) is 6.21. The van der Waals surface area contributed by atoms with Gasteiger partial charge in [0.25, 0.3) is 0 Å². The molecule has 0 amide bonds. The van der Waals surface area contributed by atoms with Crippen molar-refractivity contribution in [3.05, 3.63) is 23.9 Å². The zero-order chi connectivity index (χ0) is 9.84. The van der Waals surface area contributed by atoms with Crippen LogP contribution >= 0.6 is 0 Å². The summed E-state index contributed by atoms with van der Waals surface area (Å²) >= 11 is 0. The zero-order valence-corrected chi connectivity index (χ0v) is 8.49. The minimum atomic E-state index is 0.550. The average Bonchev–Trinajstić information content (AvgIpc) is 2.04. The Bertz CT molecular complexity index is 271. The number of anilines is 1. The minimum absolute atomic E-state index is 0.550. The molecule has 0 aliphatic rings. The first-order valence-electron chi connectivity index (χ1n) is 4.50. The summed E-state index contributed by atoms with van der Waals surface area (Å²) < 4.78 is 0. The summed E-state index contributed by atoms with van der Waals surface area (Å²) in [5, 5.41) is 0. The number of nitrogen functional groups attached to an aromatic ring is 1. The van der Waals surface area contributed by atoms with E-state index in [-0.39, 0.29) is 0 Å². The third kappa shape index (κ3) is 3.03. The highest BCUT2D eigenvalue weighted by Gasteiger charge is 2.03. The lowest BCUT2D eigenvalue weighted by molar-refractivity contribution is 0.266. The Hall–Kier alpha value is -1.09. The van der Waals surface area contributed by atoms with Gasteiger partial charge in [0.15, 0.2) is 0 Å². The van der Waals surface area contributed by atoms with Gasteiger partial charge in [0.05, 0.1) is 0 Å². The lowest BCUT2D eigenvalue weighted by Crippen LogP contribution is -2.25. The van der Waals surface area contributed by atoms with Crippen molar-refractivity contribution in [3.8, 4) is 0 Å². The van der Waals surface area contributed by atoms with Gasteiger partial charge in [-0.05, 0) is 38.6 Å². The van der Waals surface area contributed by atoms with Crippen molar-refractivity contribution in [2.45, 2.75) is 26.4 Å². The largest absolute Gasteiger partial charge is 0.384 e. The number of pyridine rings is 1. The van der Waals surface area contributed by atoms with Gasteiger partial charge in [0, 0.05) is 18.8 Å². The quantitative estimate of drug-likeness (QED) is 0.764. The molecule has 0 spiro atoms.